The van der Waals surface area contributed by atoms with Crippen LogP contribution in [-0.2, 0) is 13.9 Å². The molecule has 1 unspecified atom stereocenters. The van der Waals surface area contributed by atoms with Gasteiger partial charge in [-0.25, -0.2) is 4.79 Å². The van der Waals surface area contributed by atoms with Crippen molar-refractivity contribution in [3.63, 3.8) is 0 Å². The molecule has 2 saturated heterocycles. The minimum Gasteiger partial charge on any atom is -0.408 e. The summed E-state index contributed by atoms with van der Waals surface area (Å²) in [6, 6.07) is 8.85. The van der Waals surface area contributed by atoms with Gasteiger partial charge < -0.3 is 19.2 Å². The molecule has 36 heavy (non-hydrogen) atoms. The van der Waals surface area contributed by atoms with Gasteiger partial charge in [0.1, 0.15) is 23.6 Å². The third-order valence-electron chi connectivity index (χ3n) is 8.79. The third kappa shape index (κ3) is 3.96. The topological polar surface area (TPSA) is 91.7 Å². The van der Waals surface area contributed by atoms with E-state index >= 15 is 0 Å². The summed E-state index contributed by atoms with van der Waals surface area (Å²) in [7, 11) is -2.14. The second-order valence-electron chi connectivity index (χ2n) is 12.3. The number of rotatable bonds is 6. The number of nitrogens with zero attached hydrogens (tertiary/aromatic N) is 2. The first-order valence-electron chi connectivity index (χ1n) is 12.7. The van der Waals surface area contributed by atoms with Gasteiger partial charge >= 0.3 is 5.69 Å². The number of aryl methyl sites for hydroxylation is 1. The molecule has 3 aliphatic rings. The van der Waals surface area contributed by atoms with Gasteiger partial charge in [0.05, 0.1) is 6.61 Å². The van der Waals surface area contributed by atoms with E-state index in [1.54, 1.807) is 30.5 Å². The lowest BCUT2D eigenvalue weighted by Gasteiger charge is -2.43. The van der Waals surface area contributed by atoms with Crippen LogP contribution in [0.3, 0.4) is 0 Å². The van der Waals surface area contributed by atoms with Crippen molar-refractivity contribution in [2.75, 3.05) is 11.9 Å². The molecule has 2 aromatic rings. The van der Waals surface area contributed by atoms with E-state index in [4.69, 9.17) is 13.9 Å². The first-order valence-corrected chi connectivity index (χ1v) is 15.6. The number of aromatic nitrogens is 2. The van der Waals surface area contributed by atoms with E-state index < -0.39 is 31.9 Å². The SMILES string of the molecule is Cc1cn([C@@H]2O[C@@]3(C4(C)CC4)CO[C@H]2C3O[Si](C)(C)C(C)(C)C)c(=O)nc1NC(=O)c1ccccc1. The molecule has 1 aromatic heterocycles. The van der Waals surface area contributed by atoms with E-state index in [1.165, 1.54) is 4.57 Å². The Morgan fingerprint density at radius 2 is 1.89 bits per heavy atom. The highest BCUT2D eigenvalue weighted by Gasteiger charge is 2.73. The molecule has 0 radical (unpaired) electrons. The molecular weight excluding hydrogens is 474 g/mol. The molecule has 1 N–H and O–H groups in total. The third-order valence-corrected chi connectivity index (χ3v) is 13.2. The van der Waals surface area contributed by atoms with Crippen molar-refractivity contribution in [3.8, 4) is 0 Å². The average Bonchev–Trinajstić information content (AvgIpc) is 3.39. The summed E-state index contributed by atoms with van der Waals surface area (Å²) < 4.78 is 21.6. The fourth-order valence-corrected chi connectivity index (χ4v) is 6.37. The Hall–Kier alpha value is -2.33. The Morgan fingerprint density at radius 1 is 1.22 bits per heavy atom. The van der Waals surface area contributed by atoms with Crippen LogP contribution in [0, 0.1) is 12.3 Å². The molecule has 0 spiro atoms. The van der Waals surface area contributed by atoms with E-state index in [1.807, 2.05) is 13.0 Å². The number of hydrogen-bond acceptors (Lipinski definition) is 6. The molecule has 2 aliphatic heterocycles. The number of hydrogen-bond donors (Lipinski definition) is 1. The highest BCUT2D eigenvalue weighted by Crippen LogP contribution is 2.65. The maximum atomic E-state index is 13.2. The van der Waals surface area contributed by atoms with Crippen molar-refractivity contribution < 1.29 is 18.7 Å². The average molecular weight is 512 g/mol. The zero-order chi connectivity index (χ0) is 26.1. The van der Waals surface area contributed by atoms with Crippen molar-refractivity contribution in [3.05, 3.63) is 58.1 Å². The number of amides is 1. The Morgan fingerprint density at radius 3 is 2.50 bits per heavy atom. The summed E-state index contributed by atoms with van der Waals surface area (Å²) in [6.45, 7) is 15.7. The number of carbonyl (C=O) groups excluding carboxylic acids is 1. The Balaban J connectivity index is 1.45. The number of benzene rings is 1. The van der Waals surface area contributed by atoms with Crippen molar-refractivity contribution in [2.24, 2.45) is 5.41 Å². The smallest absolute Gasteiger partial charge is 0.351 e. The van der Waals surface area contributed by atoms with Gasteiger partial charge in [-0.3, -0.25) is 9.36 Å². The van der Waals surface area contributed by atoms with Crippen LogP contribution in [0.15, 0.2) is 41.3 Å². The molecule has 194 valence electrons. The lowest BCUT2D eigenvalue weighted by Crippen LogP contribution is -2.54. The quantitative estimate of drug-likeness (QED) is 0.567. The summed E-state index contributed by atoms with van der Waals surface area (Å²) in [6.07, 6.45) is 2.51. The minimum atomic E-state index is -2.14. The number of carbonyl (C=O) groups is 1. The van der Waals surface area contributed by atoms with Gasteiger partial charge in [-0.05, 0) is 50.0 Å². The minimum absolute atomic E-state index is 0.0315. The molecule has 2 bridgehead atoms. The van der Waals surface area contributed by atoms with E-state index in [0.29, 0.717) is 17.7 Å². The molecule has 1 saturated carbocycles. The fraction of sp³-hybridized carbons (Fsp3) is 0.593. The lowest BCUT2D eigenvalue weighted by molar-refractivity contribution is -0.198. The zero-order valence-corrected chi connectivity index (χ0v) is 23.3. The maximum Gasteiger partial charge on any atom is 0.351 e. The molecule has 1 aliphatic carbocycles. The molecule has 4 atom stereocenters. The largest absolute Gasteiger partial charge is 0.408 e. The Bertz CT molecular complexity index is 1230. The highest BCUT2D eigenvalue weighted by atomic mass is 28.4. The standard InChI is InChI=1S/C27H37N3O5Si/c1-17-15-30(24(32)29-21(17)28-22(31)18-11-9-8-10-12-18)23-19-20(35-36(6,7)25(2,3)4)27(34-23,16-33-19)26(5)13-14-26/h8-12,15,19-20,23H,13-14,16H2,1-7H3,(H,28,29,31,32)/t19-,20?,23+,27-/m0/s1. The van der Waals surface area contributed by atoms with Gasteiger partial charge in [0, 0.05) is 22.7 Å². The number of fused-ring (bicyclic) bond motifs is 2. The van der Waals surface area contributed by atoms with Crippen LogP contribution in [0.5, 0.6) is 0 Å². The van der Waals surface area contributed by atoms with Gasteiger partial charge in [0.2, 0.25) is 0 Å². The predicted molar refractivity (Wildman–Crippen MR) is 140 cm³/mol. The van der Waals surface area contributed by atoms with E-state index in [9.17, 15) is 9.59 Å². The van der Waals surface area contributed by atoms with Crippen molar-refractivity contribution in [1.29, 1.82) is 0 Å². The summed E-state index contributed by atoms with van der Waals surface area (Å²) in [4.78, 5) is 30.1. The summed E-state index contributed by atoms with van der Waals surface area (Å²) in [5, 5.41) is 2.79. The summed E-state index contributed by atoms with van der Waals surface area (Å²) in [5.41, 5.74) is 0.0361. The van der Waals surface area contributed by atoms with E-state index in [2.05, 4.69) is 51.1 Å². The van der Waals surface area contributed by atoms with Gasteiger partial charge in [-0.1, -0.05) is 45.9 Å². The van der Waals surface area contributed by atoms with Gasteiger partial charge in [0.25, 0.3) is 5.91 Å². The monoisotopic (exact) mass is 511 g/mol. The van der Waals surface area contributed by atoms with Crippen LogP contribution in [0.1, 0.15) is 62.7 Å². The molecule has 1 aromatic carbocycles. The Labute approximate surface area is 213 Å². The van der Waals surface area contributed by atoms with Crippen LogP contribution in [-0.4, -0.2) is 48.2 Å². The second-order valence-corrected chi connectivity index (χ2v) is 17.1. The van der Waals surface area contributed by atoms with Crippen molar-refractivity contribution >= 4 is 20.0 Å². The van der Waals surface area contributed by atoms with Crippen LogP contribution in [0.25, 0.3) is 0 Å². The van der Waals surface area contributed by atoms with E-state index in [-0.39, 0.29) is 28.3 Å². The second kappa shape index (κ2) is 8.34. The molecule has 9 heteroatoms. The zero-order valence-electron chi connectivity index (χ0n) is 22.3. The highest BCUT2D eigenvalue weighted by molar-refractivity contribution is 6.74. The number of nitrogens with one attached hydrogen (secondary N) is 1. The van der Waals surface area contributed by atoms with Crippen LogP contribution in [0.4, 0.5) is 5.82 Å². The molecule has 1 amide bonds. The van der Waals surface area contributed by atoms with E-state index in [0.717, 1.165) is 12.8 Å². The fourth-order valence-electron chi connectivity index (χ4n) is 5.06. The van der Waals surface area contributed by atoms with Gasteiger partial charge in [-0.15, -0.1) is 0 Å². The van der Waals surface area contributed by atoms with Crippen molar-refractivity contribution in [1.82, 2.24) is 9.55 Å². The first-order chi connectivity index (χ1) is 16.8. The normalized spacial score (nSPS) is 28.8. The molecule has 3 heterocycles. The lowest BCUT2D eigenvalue weighted by atomic mass is 9.83. The summed E-state index contributed by atoms with van der Waals surface area (Å²) >= 11 is 0. The van der Waals surface area contributed by atoms with Crippen molar-refractivity contribution in [2.45, 2.75) is 89.6 Å². The number of anilines is 1. The van der Waals surface area contributed by atoms with Crippen LogP contribution >= 0.6 is 0 Å². The predicted octanol–water partition coefficient (Wildman–Crippen LogP) is 4.66. The van der Waals surface area contributed by atoms with Crippen LogP contribution in [0.2, 0.25) is 18.1 Å². The molecule has 3 fully saturated rings. The van der Waals surface area contributed by atoms with Crippen LogP contribution < -0.4 is 11.0 Å². The molecule has 8 nitrogen and oxygen atoms in total. The molecular formula is C27H37N3O5Si. The first kappa shape index (κ1) is 25.3. The number of ether oxygens (including phenoxy) is 2. The summed E-state index contributed by atoms with van der Waals surface area (Å²) in [5.74, 6) is -0.0709. The molecule has 5 rings (SSSR count). The van der Waals surface area contributed by atoms with Gasteiger partial charge in [0.15, 0.2) is 14.5 Å². The van der Waals surface area contributed by atoms with Gasteiger partial charge in [-0.2, -0.15) is 4.98 Å². The Kier molecular flexibility index (Phi) is 5.87. The maximum absolute atomic E-state index is 13.2.